The van der Waals surface area contributed by atoms with Crippen molar-refractivity contribution in [1.29, 1.82) is 0 Å². The van der Waals surface area contributed by atoms with E-state index < -0.39 is 5.79 Å². The highest BCUT2D eigenvalue weighted by Crippen LogP contribution is 2.40. The van der Waals surface area contributed by atoms with Gasteiger partial charge in [0.15, 0.2) is 11.5 Å². The summed E-state index contributed by atoms with van der Waals surface area (Å²) in [6, 6.07) is 10.7. The number of ether oxygens (including phenoxy) is 2. The molecule has 0 spiro atoms. The van der Waals surface area contributed by atoms with E-state index in [0.29, 0.717) is 27.8 Å². The first-order valence-electron chi connectivity index (χ1n) is 7.05. The Bertz CT molecular complexity index is 776. The van der Waals surface area contributed by atoms with Gasteiger partial charge in [-0.2, -0.15) is 0 Å². The second-order valence-corrected chi connectivity index (χ2v) is 6.85. The number of hydrogen-bond donors (Lipinski definition) is 1. The molecule has 23 heavy (non-hydrogen) atoms. The van der Waals surface area contributed by atoms with Crippen molar-refractivity contribution in [3.8, 4) is 11.5 Å². The molecule has 1 aliphatic heterocycles. The maximum absolute atomic E-state index is 12.5. The molecule has 1 heterocycles. The van der Waals surface area contributed by atoms with Crippen LogP contribution in [-0.4, -0.2) is 18.0 Å². The molecule has 2 aromatic carbocycles. The van der Waals surface area contributed by atoms with E-state index in [2.05, 4.69) is 5.32 Å². The summed E-state index contributed by atoms with van der Waals surface area (Å²) in [6.07, 6.45) is 1.95. The van der Waals surface area contributed by atoms with Crippen LogP contribution >= 0.6 is 23.4 Å². The van der Waals surface area contributed by atoms with Crippen molar-refractivity contribution in [2.75, 3.05) is 11.6 Å². The highest BCUT2D eigenvalue weighted by molar-refractivity contribution is 7.98. The molecule has 0 atom stereocenters. The van der Waals surface area contributed by atoms with Gasteiger partial charge in [0.1, 0.15) is 0 Å². The van der Waals surface area contributed by atoms with Gasteiger partial charge in [-0.1, -0.05) is 11.6 Å². The molecular formula is C17H16ClNO3S. The molecule has 3 rings (SSSR count). The van der Waals surface area contributed by atoms with E-state index >= 15 is 0 Å². The SMILES string of the molecule is CSc1ccc(Cl)c(C(=O)Nc2ccc3c(c2)OC(C)(C)O3)c1. The Hall–Kier alpha value is -1.85. The van der Waals surface area contributed by atoms with E-state index in [1.807, 2.05) is 26.2 Å². The molecular weight excluding hydrogens is 334 g/mol. The van der Waals surface area contributed by atoms with E-state index in [-0.39, 0.29) is 5.91 Å². The number of halogens is 1. The first-order valence-corrected chi connectivity index (χ1v) is 8.65. The van der Waals surface area contributed by atoms with Gasteiger partial charge in [-0.25, -0.2) is 0 Å². The second kappa shape index (κ2) is 5.98. The Morgan fingerprint density at radius 3 is 2.61 bits per heavy atom. The Kier molecular flexibility index (Phi) is 4.17. The number of hydrogen-bond acceptors (Lipinski definition) is 4. The maximum Gasteiger partial charge on any atom is 0.257 e. The third-order valence-corrected chi connectivity index (χ3v) is 4.39. The Morgan fingerprint density at radius 1 is 1.13 bits per heavy atom. The standard InChI is InChI=1S/C17H16ClNO3S/c1-17(2)21-14-7-4-10(8-15(14)22-17)19-16(20)12-9-11(23-3)5-6-13(12)18/h4-9H,1-3H3,(H,19,20). The summed E-state index contributed by atoms with van der Waals surface area (Å²) in [6.45, 7) is 3.66. The molecule has 0 aromatic heterocycles. The van der Waals surface area contributed by atoms with Crippen molar-refractivity contribution >= 4 is 35.0 Å². The predicted octanol–water partition coefficient (Wildman–Crippen LogP) is 4.82. The van der Waals surface area contributed by atoms with Crippen LogP contribution in [0.1, 0.15) is 24.2 Å². The van der Waals surface area contributed by atoms with Gasteiger partial charge < -0.3 is 14.8 Å². The summed E-state index contributed by atoms with van der Waals surface area (Å²) in [5.74, 6) is 0.317. The molecule has 1 amide bonds. The summed E-state index contributed by atoms with van der Waals surface area (Å²) in [7, 11) is 0. The van der Waals surface area contributed by atoms with Gasteiger partial charge >= 0.3 is 0 Å². The molecule has 0 aliphatic carbocycles. The van der Waals surface area contributed by atoms with E-state index in [0.717, 1.165) is 4.90 Å². The number of carbonyl (C=O) groups excluding carboxylic acids is 1. The van der Waals surface area contributed by atoms with Crippen molar-refractivity contribution in [1.82, 2.24) is 0 Å². The van der Waals surface area contributed by atoms with E-state index in [4.69, 9.17) is 21.1 Å². The Balaban J connectivity index is 1.82. The van der Waals surface area contributed by atoms with Crippen molar-refractivity contribution in [3.05, 3.63) is 47.0 Å². The number of carbonyl (C=O) groups is 1. The zero-order chi connectivity index (χ0) is 16.6. The van der Waals surface area contributed by atoms with Crippen LogP contribution in [0, 0.1) is 0 Å². The van der Waals surface area contributed by atoms with Crippen LogP contribution in [0.5, 0.6) is 11.5 Å². The summed E-state index contributed by atoms with van der Waals surface area (Å²) in [5, 5.41) is 3.26. The van der Waals surface area contributed by atoms with Gasteiger partial charge in [0.05, 0.1) is 10.6 Å². The summed E-state index contributed by atoms with van der Waals surface area (Å²) in [4.78, 5) is 13.4. The van der Waals surface area contributed by atoms with Gasteiger partial charge in [0.2, 0.25) is 5.79 Å². The zero-order valence-electron chi connectivity index (χ0n) is 13.0. The third kappa shape index (κ3) is 3.41. The average Bonchev–Trinajstić information content (AvgIpc) is 2.80. The fraction of sp³-hybridized carbons (Fsp3) is 0.235. The second-order valence-electron chi connectivity index (χ2n) is 5.57. The normalized spacial score (nSPS) is 14.6. The summed E-state index contributed by atoms with van der Waals surface area (Å²) in [5.41, 5.74) is 1.07. The van der Waals surface area contributed by atoms with E-state index in [1.165, 1.54) is 0 Å². The minimum atomic E-state index is -0.693. The Morgan fingerprint density at radius 2 is 1.87 bits per heavy atom. The number of amides is 1. The molecule has 0 saturated carbocycles. The quantitative estimate of drug-likeness (QED) is 0.807. The lowest BCUT2D eigenvalue weighted by Crippen LogP contribution is -2.29. The summed E-state index contributed by atoms with van der Waals surface area (Å²) < 4.78 is 11.3. The number of anilines is 1. The van der Waals surface area contributed by atoms with Crippen LogP contribution in [0.15, 0.2) is 41.3 Å². The first-order chi connectivity index (χ1) is 10.9. The van der Waals surface area contributed by atoms with Crippen LogP contribution < -0.4 is 14.8 Å². The van der Waals surface area contributed by atoms with Gasteiger partial charge in [0, 0.05) is 30.5 Å². The van der Waals surface area contributed by atoms with Gasteiger partial charge in [-0.05, 0) is 36.6 Å². The molecule has 1 N–H and O–H groups in total. The Labute approximate surface area is 144 Å². The van der Waals surface area contributed by atoms with Gasteiger partial charge in [0.25, 0.3) is 5.91 Å². The molecule has 6 heteroatoms. The zero-order valence-corrected chi connectivity index (χ0v) is 14.5. The van der Waals surface area contributed by atoms with Crippen molar-refractivity contribution in [2.24, 2.45) is 0 Å². The number of benzene rings is 2. The van der Waals surface area contributed by atoms with Crippen molar-refractivity contribution in [3.63, 3.8) is 0 Å². The maximum atomic E-state index is 12.5. The van der Waals surface area contributed by atoms with Crippen LogP contribution in [0.4, 0.5) is 5.69 Å². The molecule has 120 valence electrons. The van der Waals surface area contributed by atoms with Gasteiger partial charge in [-0.3, -0.25) is 4.79 Å². The lowest BCUT2D eigenvalue weighted by Gasteiger charge is -2.16. The number of rotatable bonds is 3. The smallest absolute Gasteiger partial charge is 0.257 e. The van der Waals surface area contributed by atoms with E-state index in [9.17, 15) is 4.79 Å². The molecule has 1 aliphatic rings. The molecule has 4 nitrogen and oxygen atoms in total. The van der Waals surface area contributed by atoms with Crippen molar-refractivity contribution < 1.29 is 14.3 Å². The lowest BCUT2D eigenvalue weighted by molar-refractivity contribution is -0.0431. The first kappa shape index (κ1) is 16.0. The minimum Gasteiger partial charge on any atom is -0.449 e. The van der Waals surface area contributed by atoms with Crippen molar-refractivity contribution in [2.45, 2.75) is 24.5 Å². The molecule has 0 bridgehead atoms. The average molecular weight is 350 g/mol. The number of fused-ring (bicyclic) bond motifs is 1. The summed E-state index contributed by atoms with van der Waals surface area (Å²) >= 11 is 7.69. The monoisotopic (exact) mass is 349 g/mol. The highest BCUT2D eigenvalue weighted by Gasteiger charge is 2.31. The molecule has 0 radical (unpaired) electrons. The number of thioether (sulfide) groups is 1. The molecule has 0 saturated heterocycles. The molecule has 0 fully saturated rings. The van der Waals surface area contributed by atoms with Crippen LogP contribution in [-0.2, 0) is 0 Å². The molecule has 0 unspecified atom stereocenters. The predicted molar refractivity (Wildman–Crippen MR) is 93.0 cm³/mol. The lowest BCUT2D eigenvalue weighted by atomic mass is 10.2. The topological polar surface area (TPSA) is 47.6 Å². The number of nitrogens with one attached hydrogen (secondary N) is 1. The van der Waals surface area contributed by atoms with Gasteiger partial charge in [-0.15, -0.1) is 11.8 Å². The minimum absolute atomic E-state index is 0.260. The van der Waals surface area contributed by atoms with E-state index in [1.54, 1.807) is 42.1 Å². The third-order valence-electron chi connectivity index (χ3n) is 3.33. The van der Waals surface area contributed by atoms with Crippen LogP contribution in [0.2, 0.25) is 5.02 Å². The fourth-order valence-corrected chi connectivity index (χ4v) is 2.95. The van der Waals surface area contributed by atoms with Crippen LogP contribution in [0.3, 0.4) is 0 Å². The van der Waals surface area contributed by atoms with Crippen LogP contribution in [0.25, 0.3) is 0 Å². The highest BCUT2D eigenvalue weighted by atomic mass is 35.5. The largest absolute Gasteiger partial charge is 0.449 e. The fourth-order valence-electron chi connectivity index (χ4n) is 2.30. The molecule has 2 aromatic rings.